The highest BCUT2D eigenvalue weighted by molar-refractivity contribution is 7.15. The number of Topliss-reactive ketones (excluding diaryl/α,β-unsaturated/α-hetero) is 1. The summed E-state index contributed by atoms with van der Waals surface area (Å²) in [6.45, 7) is 0. The maximum atomic E-state index is 12.0. The highest BCUT2D eigenvalue weighted by atomic mass is 32.1. The van der Waals surface area contributed by atoms with E-state index >= 15 is 0 Å². The molecule has 0 aliphatic heterocycles. The van der Waals surface area contributed by atoms with Crippen LogP contribution in [0.3, 0.4) is 0 Å². The van der Waals surface area contributed by atoms with Gasteiger partial charge in [-0.15, -0.1) is 11.3 Å². The van der Waals surface area contributed by atoms with Crippen LogP contribution in [0.25, 0.3) is 4.96 Å². The largest absolute Gasteiger partial charge is 0.299 e. The molecule has 84 valence electrons. The molecule has 0 atom stereocenters. The lowest BCUT2D eigenvalue weighted by molar-refractivity contribution is -0.122. The van der Waals surface area contributed by atoms with Crippen LogP contribution in [-0.4, -0.2) is 15.2 Å². The third-order valence-electron chi connectivity index (χ3n) is 3.31. The fourth-order valence-corrected chi connectivity index (χ4v) is 3.15. The summed E-state index contributed by atoms with van der Waals surface area (Å²) in [6.07, 6.45) is 9.07. The van der Waals surface area contributed by atoms with E-state index in [-0.39, 0.29) is 0 Å². The van der Waals surface area contributed by atoms with Crippen LogP contribution >= 0.6 is 11.3 Å². The Labute approximate surface area is 98.1 Å². The van der Waals surface area contributed by atoms with Crippen molar-refractivity contribution in [2.24, 2.45) is 5.92 Å². The second kappa shape index (κ2) is 4.01. The summed E-state index contributed by atoms with van der Waals surface area (Å²) in [5.41, 5.74) is 0.920. The first kappa shape index (κ1) is 10.0. The van der Waals surface area contributed by atoms with E-state index in [1.54, 1.807) is 11.3 Å². The quantitative estimate of drug-likeness (QED) is 0.818. The van der Waals surface area contributed by atoms with Crippen molar-refractivity contribution < 1.29 is 4.79 Å². The minimum atomic E-state index is 0.305. The summed E-state index contributed by atoms with van der Waals surface area (Å²) in [4.78, 5) is 17.4. The van der Waals surface area contributed by atoms with Gasteiger partial charge in [-0.1, -0.05) is 12.8 Å². The van der Waals surface area contributed by atoms with Crippen molar-refractivity contribution in [1.29, 1.82) is 0 Å². The molecule has 3 nitrogen and oxygen atoms in total. The zero-order valence-electron chi connectivity index (χ0n) is 9.06. The summed E-state index contributed by atoms with van der Waals surface area (Å²) >= 11 is 1.61. The van der Waals surface area contributed by atoms with Crippen LogP contribution in [-0.2, 0) is 11.2 Å². The first-order valence-corrected chi connectivity index (χ1v) is 6.65. The number of aromatic nitrogens is 2. The van der Waals surface area contributed by atoms with Crippen molar-refractivity contribution >= 4 is 22.1 Å². The number of hydrogen-bond donors (Lipinski definition) is 0. The lowest BCUT2D eigenvalue weighted by Crippen LogP contribution is -2.13. The average molecular weight is 234 g/mol. The maximum Gasteiger partial charge on any atom is 0.193 e. The number of thiazole rings is 1. The van der Waals surface area contributed by atoms with Gasteiger partial charge >= 0.3 is 0 Å². The fraction of sp³-hybridized carbons (Fsp3) is 0.500. The summed E-state index contributed by atoms with van der Waals surface area (Å²) in [5.74, 6) is 0.683. The van der Waals surface area contributed by atoms with Crippen molar-refractivity contribution in [2.75, 3.05) is 0 Å². The Hall–Kier alpha value is -1.16. The van der Waals surface area contributed by atoms with Crippen molar-refractivity contribution in [3.63, 3.8) is 0 Å². The molecular weight excluding hydrogens is 220 g/mol. The van der Waals surface area contributed by atoms with Crippen LogP contribution in [0.1, 0.15) is 31.4 Å². The van der Waals surface area contributed by atoms with E-state index in [9.17, 15) is 4.79 Å². The van der Waals surface area contributed by atoms with Gasteiger partial charge in [0.25, 0.3) is 0 Å². The van der Waals surface area contributed by atoms with Gasteiger partial charge in [-0.05, 0) is 12.8 Å². The van der Waals surface area contributed by atoms with Crippen molar-refractivity contribution in [3.05, 3.63) is 23.5 Å². The summed E-state index contributed by atoms with van der Waals surface area (Å²) in [5, 5.41) is 2.00. The molecule has 0 spiro atoms. The maximum absolute atomic E-state index is 12.0. The van der Waals surface area contributed by atoms with Gasteiger partial charge in [-0.25, -0.2) is 4.98 Å². The molecule has 16 heavy (non-hydrogen) atoms. The SMILES string of the molecule is O=C(Cc1cn2ccsc2n1)C1CCCC1. The smallest absolute Gasteiger partial charge is 0.193 e. The molecule has 0 unspecified atom stereocenters. The van der Waals surface area contributed by atoms with Gasteiger partial charge in [0.2, 0.25) is 0 Å². The predicted octanol–water partition coefficient (Wildman–Crippen LogP) is 2.70. The summed E-state index contributed by atoms with van der Waals surface area (Å²) < 4.78 is 1.99. The number of imidazole rings is 1. The number of hydrogen-bond acceptors (Lipinski definition) is 3. The second-order valence-corrected chi connectivity index (χ2v) is 5.32. The van der Waals surface area contributed by atoms with Gasteiger partial charge < -0.3 is 0 Å². The molecule has 1 saturated carbocycles. The van der Waals surface area contributed by atoms with Gasteiger partial charge in [-0.3, -0.25) is 9.20 Å². The molecule has 1 aliphatic rings. The molecule has 2 aromatic heterocycles. The van der Waals surface area contributed by atoms with Crippen LogP contribution in [0, 0.1) is 5.92 Å². The Morgan fingerprint density at radius 1 is 1.50 bits per heavy atom. The molecule has 2 aromatic rings. The monoisotopic (exact) mass is 234 g/mol. The molecular formula is C12H14N2OS. The molecule has 1 fully saturated rings. The van der Waals surface area contributed by atoms with Crippen LogP contribution in [0.5, 0.6) is 0 Å². The Morgan fingerprint density at radius 3 is 3.06 bits per heavy atom. The topological polar surface area (TPSA) is 34.4 Å². The zero-order chi connectivity index (χ0) is 11.0. The molecule has 0 aromatic carbocycles. The number of carbonyl (C=O) groups excluding carboxylic acids is 1. The Kier molecular flexibility index (Phi) is 2.52. The van der Waals surface area contributed by atoms with E-state index in [1.807, 2.05) is 22.2 Å². The lowest BCUT2D eigenvalue weighted by Gasteiger charge is -2.05. The van der Waals surface area contributed by atoms with Gasteiger partial charge in [-0.2, -0.15) is 0 Å². The first-order chi connectivity index (χ1) is 7.83. The molecule has 0 N–H and O–H groups in total. The summed E-state index contributed by atoms with van der Waals surface area (Å²) in [6, 6.07) is 0. The van der Waals surface area contributed by atoms with E-state index in [1.165, 1.54) is 12.8 Å². The van der Waals surface area contributed by atoms with Crippen LogP contribution < -0.4 is 0 Å². The van der Waals surface area contributed by atoms with E-state index in [4.69, 9.17) is 0 Å². The third-order valence-corrected chi connectivity index (χ3v) is 4.08. The number of ketones is 1. The van der Waals surface area contributed by atoms with E-state index < -0.39 is 0 Å². The molecule has 1 aliphatic carbocycles. The van der Waals surface area contributed by atoms with Gasteiger partial charge in [0.15, 0.2) is 4.96 Å². The molecule has 0 bridgehead atoms. The Morgan fingerprint density at radius 2 is 2.31 bits per heavy atom. The minimum absolute atomic E-state index is 0.305. The average Bonchev–Trinajstić information content (AvgIpc) is 2.91. The van der Waals surface area contributed by atoms with Crippen LogP contribution in [0.15, 0.2) is 17.8 Å². The lowest BCUT2D eigenvalue weighted by atomic mass is 9.99. The van der Waals surface area contributed by atoms with Crippen molar-refractivity contribution in [3.8, 4) is 0 Å². The first-order valence-electron chi connectivity index (χ1n) is 5.77. The van der Waals surface area contributed by atoms with Crippen LogP contribution in [0.4, 0.5) is 0 Å². The minimum Gasteiger partial charge on any atom is -0.299 e. The van der Waals surface area contributed by atoms with E-state index in [0.29, 0.717) is 18.1 Å². The highest BCUT2D eigenvalue weighted by Gasteiger charge is 2.23. The number of nitrogens with zero attached hydrogens (tertiary/aromatic N) is 2. The standard InChI is InChI=1S/C12H14N2OS/c15-11(9-3-1-2-4-9)7-10-8-14-5-6-16-12(14)13-10/h5-6,8-9H,1-4,7H2. The third kappa shape index (κ3) is 1.78. The number of carbonyl (C=O) groups is 1. The van der Waals surface area contributed by atoms with E-state index in [2.05, 4.69) is 4.98 Å². The molecule has 3 rings (SSSR count). The van der Waals surface area contributed by atoms with Crippen molar-refractivity contribution in [2.45, 2.75) is 32.1 Å². The molecule has 0 amide bonds. The van der Waals surface area contributed by atoms with E-state index in [0.717, 1.165) is 23.5 Å². The second-order valence-electron chi connectivity index (χ2n) is 4.45. The van der Waals surface area contributed by atoms with Gasteiger partial charge in [0, 0.05) is 23.7 Å². The van der Waals surface area contributed by atoms with Gasteiger partial charge in [0.05, 0.1) is 12.1 Å². The Bertz CT molecular complexity index is 479. The number of rotatable bonds is 3. The highest BCUT2D eigenvalue weighted by Crippen LogP contribution is 2.26. The molecule has 0 saturated heterocycles. The number of fused-ring (bicyclic) bond motifs is 1. The van der Waals surface area contributed by atoms with Crippen LogP contribution in [0.2, 0.25) is 0 Å². The summed E-state index contributed by atoms with van der Waals surface area (Å²) in [7, 11) is 0. The molecule has 2 heterocycles. The fourth-order valence-electron chi connectivity index (χ4n) is 2.43. The molecule has 0 radical (unpaired) electrons. The normalized spacial score (nSPS) is 17.2. The Balaban J connectivity index is 1.74. The predicted molar refractivity (Wildman–Crippen MR) is 63.7 cm³/mol. The van der Waals surface area contributed by atoms with Gasteiger partial charge in [0.1, 0.15) is 5.78 Å². The molecule has 4 heteroatoms. The zero-order valence-corrected chi connectivity index (χ0v) is 9.87. The van der Waals surface area contributed by atoms with Crippen molar-refractivity contribution in [1.82, 2.24) is 9.38 Å².